The van der Waals surface area contributed by atoms with Gasteiger partial charge in [0.25, 0.3) is 11.8 Å². The van der Waals surface area contributed by atoms with Crippen LogP contribution in [0.2, 0.25) is 0 Å². The van der Waals surface area contributed by atoms with E-state index in [2.05, 4.69) is 10.6 Å². The second kappa shape index (κ2) is 9.65. The van der Waals surface area contributed by atoms with Crippen molar-refractivity contribution in [2.45, 2.75) is 33.7 Å². The molecule has 4 amide bonds. The van der Waals surface area contributed by atoms with Crippen LogP contribution >= 0.6 is 0 Å². The van der Waals surface area contributed by atoms with Crippen LogP contribution in [0.25, 0.3) is 0 Å². The van der Waals surface area contributed by atoms with Gasteiger partial charge in [-0.1, -0.05) is 12.1 Å². The first-order valence-corrected chi connectivity index (χ1v) is 11.4. The molecule has 0 radical (unpaired) electrons. The molecule has 0 aromatic heterocycles. The minimum absolute atomic E-state index is 0.0457. The van der Waals surface area contributed by atoms with Crippen molar-refractivity contribution >= 4 is 35.5 Å². The third-order valence-corrected chi connectivity index (χ3v) is 5.94. The maximum atomic E-state index is 13.1. The van der Waals surface area contributed by atoms with Gasteiger partial charge in [-0.2, -0.15) is 0 Å². The van der Waals surface area contributed by atoms with Crippen molar-refractivity contribution in [3.8, 4) is 0 Å². The molecular formula is C26H25N3O7. The highest BCUT2D eigenvalue weighted by atomic mass is 16.5. The van der Waals surface area contributed by atoms with Crippen LogP contribution in [0.5, 0.6) is 0 Å². The quantitative estimate of drug-likeness (QED) is 0.469. The van der Waals surface area contributed by atoms with Crippen molar-refractivity contribution in [2.75, 3.05) is 18.1 Å². The second-order valence-corrected chi connectivity index (χ2v) is 8.51. The summed E-state index contributed by atoms with van der Waals surface area (Å²) in [7, 11) is 0. The molecule has 0 fully saturated rings. The molecular weight excluding hydrogens is 466 g/mol. The van der Waals surface area contributed by atoms with Crippen LogP contribution in [-0.2, 0) is 14.3 Å². The molecule has 2 heterocycles. The van der Waals surface area contributed by atoms with Crippen LogP contribution in [0.15, 0.2) is 47.7 Å². The molecule has 4 rings (SSSR count). The Morgan fingerprint density at radius 3 is 2.39 bits per heavy atom. The Morgan fingerprint density at radius 1 is 0.944 bits per heavy atom. The van der Waals surface area contributed by atoms with Gasteiger partial charge in [0.1, 0.15) is 6.61 Å². The van der Waals surface area contributed by atoms with Crippen LogP contribution in [0.4, 0.5) is 10.5 Å². The smallest absolute Gasteiger partial charge is 0.338 e. The van der Waals surface area contributed by atoms with E-state index in [1.165, 1.54) is 18.2 Å². The van der Waals surface area contributed by atoms with Gasteiger partial charge in [-0.3, -0.25) is 9.59 Å². The number of carbonyl (C=O) groups is 5. The van der Waals surface area contributed by atoms with E-state index in [1.54, 1.807) is 26.8 Å². The van der Waals surface area contributed by atoms with Crippen molar-refractivity contribution in [1.82, 2.24) is 10.6 Å². The monoisotopic (exact) mass is 491 g/mol. The number of aryl methyl sites for hydroxylation is 2. The fraction of sp³-hybridized carbons (Fsp3) is 0.269. The third-order valence-electron chi connectivity index (χ3n) is 5.94. The number of ether oxygens (including phenoxy) is 2. The maximum Gasteiger partial charge on any atom is 0.338 e. The van der Waals surface area contributed by atoms with E-state index in [-0.39, 0.29) is 34.6 Å². The number of imide groups is 1. The molecule has 0 saturated carbocycles. The Hall–Kier alpha value is -4.47. The van der Waals surface area contributed by atoms with E-state index in [0.717, 1.165) is 16.0 Å². The van der Waals surface area contributed by atoms with E-state index in [4.69, 9.17) is 9.47 Å². The van der Waals surface area contributed by atoms with Crippen LogP contribution in [-0.4, -0.2) is 49.0 Å². The topological polar surface area (TPSA) is 131 Å². The second-order valence-electron chi connectivity index (χ2n) is 8.51. The number of anilines is 1. The molecule has 2 aliphatic rings. The summed E-state index contributed by atoms with van der Waals surface area (Å²) in [5.74, 6) is -2.44. The molecule has 2 aromatic carbocycles. The molecule has 36 heavy (non-hydrogen) atoms. The largest absolute Gasteiger partial charge is 0.463 e. The van der Waals surface area contributed by atoms with E-state index in [1.807, 2.05) is 19.1 Å². The lowest BCUT2D eigenvalue weighted by Crippen LogP contribution is -2.50. The third kappa shape index (κ3) is 4.45. The van der Waals surface area contributed by atoms with Crippen LogP contribution in [0.3, 0.4) is 0 Å². The molecule has 2 aromatic rings. The zero-order chi connectivity index (χ0) is 26.1. The van der Waals surface area contributed by atoms with Gasteiger partial charge in [-0.25, -0.2) is 19.3 Å². The van der Waals surface area contributed by atoms with Crippen molar-refractivity contribution in [3.63, 3.8) is 0 Å². The lowest BCUT2D eigenvalue weighted by Gasteiger charge is -2.26. The number of rotatable bonds is 6. The number of esters is 2. The molecule has 0 saturated heterocycles. The molecule has 0 bridgehead atoms. The Balaban J connectivity index is 1.57. The van der Waals surface area contributed by atoms with Gasteiger partial charge in [0, 0.05) is 0 Å². The van der Waals surface area contributed by atoms with E-state index >= 15 is 0 Å². The number of benzene rings is 2. The first-order valence-electron chi connectivity index (χ1n) is 11.4. The number of hydrogen-bond donors (Lipinski definition) is 2. The number of hydrogen-bond acceptors (Lipinski definition) is 7. The van der Waals surface area contributed by atoms with Gasteiger partial charge >= 0.3 is 18.0 Å². The summed E-state index contributed by atoms with van der Waals surface area (Å²) >= 11 is 0. The molecule has 1 unspecified atom stereocenters. The highest BCUT2D eigenvalue weighted by molar-refractivity contribution is 6.35. The summed E-state index contributed by atoms with van der Waals surface area (Å²) in [5.41, 5.74) is 2.71. The summed E-state index contributed by atoms with van der Waals surface area (Å²) < 4.78 is 10.4. The van der Waals surface area contributed by atoms with Crippen LogP contribution < -0.4 is 15.5 Å². The van der Waals surface area contributed by atoms with Gasteiger partial charge in [0.15, 0.2) is 0 Å². The number of urea groups is 1. The number of nitrogens with zero attached hydrogens (tertiary/aromatic N) is 1. The molecule has 2 aliphatic heterocycles. The summed E-state index contributed by atoms with van der Waals surface area (Å²) in [4.78, 5) is 64.3. The number of amides is 4. The predicted octanol–water partition coefficient (Wildman–Crippen LogP) is 2.78. The van der Waals surface area contributed by atoms with Gasteiger partial charge in [0.2, 0.25) is 0 Å². The minimum Gasteiger partial charge on any atom is -0.463 e. The first kappa shape index (κ1) is 24.6. The minimum atomic E-state index is -0.792. The van der Waals surface area contributed by atoms with Gasteiger partial charge in [0.05, 0.1) is 46.3 Å². The number of fused-ring (bicyclic) bond motifs is 1. The molecule has 1 atom stereocenters. The standard InChI is InChI=1S/C26H25N3O7/c1-5-35-25(33)21-15(4)27-26(34)28-19(21)12-36-24(32)16-8-9-17-18(11-16)23(31)29(22(17)30)20-10-13(2)6-7-14(20)3/h6-11,15H,5,12H2,1-4H3,(H2,27,28,34). The van der Waals surface area contributed by atoms with Crippen LogP contribution in [0, 0.1) is 13.8 Å². The van der Waals surface area contributed by atoms with Gasteiger partial charge in [-0.05, 0) is 63.1 Å². The highest BCUT2D eigenvalue weighted by Crippen LogP contribution is 2.32. The van der Waals surface area contributed by atoms with E-state index in [0.29, 0.717) is 5.69 Å². The van der Waals surface area contributed by atoms with Crippen molar-refractivity contribution in [3.05, 3.63) is 75.5 Å². The molecule has 186 valence electrons. The average molecular weight is 492 g/mol. The Labute approximate surface area is 207 Å². The van der Waals surface area contributed by atoms with Gasteiger partial charge in [-0.15, -0.1) is 0 Å². The average Bonchev–Trinajstić information content (AvgIpc) is 3.08. The maximum absolute atomic E-state index is 13.1. The van der Waals surface area contributed by atoms with Crippen molar-refractivity contribution in [1.29, 1.82) is 0 Å². The first-order chi connectivity index (χ1) is 17.1. The van der Waals surface area contributed by atoms with Crippen molar-refractivity contribution < 1.29 is 33.4 Å². The molecule has 10 nitrogen and oxygen atoms in total. The molecule has 0 spiro atoms. The molecule has 10 heteroatoms. The number of carbonyl (C=O) groups excluding carboxylic acids is 5. The summed E-state index contributed by atoms with van der Waals surface area (Å²) in [6.07, 6.45) is 0. The lowest BCUT2D eigenvalue weighted by atomic mass is 10.0. The molecule has 0 aliphatic carbocycles. The summed E-state index contributed by atoms with van der Waals surface area (Å²) in [5, 5.41) is 5.03. The van der Waals surface area contributed by atoms with E-state index < -0.39 is 42.4 Å². The Bertz CT molecular complexity index is 1350. The SMILES string of the molecule is CCOC(=O)C1=C(COC(=O)c2ccc3c(c2)C(=O)N(c2cc(C)ccc2C)C3=O)NC(=O)NC1C. The zero-order valence-electron chi connectivity index (χ0n) is 20.3. The normalized spacial score (nSPS) is 16.9. The zero-order valence-corrected chi connectivity index (χ0v) is 20.3. The van der Waals surface area contributed by atoms with E-state index in [9.17, 15) is 24.0 Å². The summed E-state index contributed by atoms with van der Waals surface area (Å²) in [6.45, 7) is 6.67. The predicted molar refractivity (Wildman–Crippen MR) is 129 cm³/mol. The fourth-order valence-corrected chi connectivity index (χ4v) is 4.16. The fourth-order valence-electron chi connectivity index (χ4n) is 4.16. The highest BCUT2D eigenvalue weighted by Gasteiger charge is 2.38. The van der Waals surface area contributed by atoms with Crippen molar-refractivity contribution in [2.24, 2.45) is 0 Å². The summed E-state index contributed by atoms with van der Waals surface area (Å²) in [6, 6.07) is 8.40. The lowest BCUT2D eigenvalue weighted by molar-refractivity contribution is -0.139. The van der Waals surface area contributed by atoms with Crippen LogP contribution in [0.1, 0.15) is 56.0 Å². The van der Waals surface area contributed by atoms with Gasteiger partial charge < -0.3 is 20.1 Å². The Morgan fingerprint density at radius 2 is 1.67 bits per heavy atom. The Kier molecular flexibility index (Phi) is 6.61. The number of nitrogens with one attached hydrogen (secondary N) is 2. The molecule has 2 N–H and O–H groups in total.